The fourth-order valence-electron chi connectivity index (χ4n) is 3.31. The first kappa shape index (κ1) is 23.6. The number of nitrogens with zero attached hydrogens (tertiary/aromatic N) is 1. The van der Waals surface area contributed by atoms with Gasteiger partial charge in [0.2, 0.25) is 5.91 Å². The van der Waals surface area contributed by atoms with E-state index in [-0.39, 0.29) is 40.3 Å². The third-order valence-electron chi connectivity index (χ3n) is 4.74. The number of halogens is 3. The van der Waals surface area contributed by atoms with E-state index in [1.54, 1.807) is 61.8 Å². The largest absolute Gasteiger partial charge is 0.459 e. The van der Waals surface area contributed by atoms with E-state index in [9.17, 15) is 9.59 Å². The molecule has 4 aromatic rings. The number of carbonyl (C=O) groups excluding carboxylic acids is 2. The average molecular weight is 491 g/mol. The lowest BCUT2D eigenvalue weighted by molar-refractivity contribution is -0.115. The summed E-state index contributed by atoms with van der Waals surface area (Å²) in [5.74, 6) is -0.0575. The van der Waals surface area contributed by atoms with Crippen molar-refractivity contribution < 1.29 is 14.0 Å². The van der Waals surface area contributed by atoms with E-state index in [1.807, 2.05) is 6.07 Å². The molecule has 32 heavy (non-hydrogen) atoms. The molecule has 6 nitrogen and oxygen atoms in total. The molecule has 0 unspecified atom stereocenters. The third kappa shape index (κ3) is 4.88. The van der Waals surface area contributed by atoms with Crippen molar-refractivity contribution >= 4 is 69.8 Å². The molecular formula is C23H18Cl3N3O3. The molecule has 0 atom stereocenters. The van der Waals surface area contributed by atoms with Crippen LogP contribution < -0.4 is 10.6 Å². The lowest BCUT2D eigenvalue weighted by Crippen LogP contribution is -2.15. The summed E-state index contributed by atoms with van der Waals surface area (Å²) in [5.41, 5.74) is 2.47. The molecule has 2 amide bonds. The zero-order chi connectivity index (χ0) is 22.0. The number of amides is 2. The van der Waals surface area contributed by atoms with Crippen molar-refractivity contribution in [3.8, 4) is 0 Å². The van der Waals surface area contributed by atoms with Crippen LogP contribution in [0.4, 0.5) is 11.4 Å². The molecule has 2 N–H and O–H groups in total. The first-order chi connectivity index (χ1) is 14.9. The topological polar surface area (TPSA) is 84.2 Å². The van der Waals surface area contributed by atoms with E-state index in [4.69, 9.17) is 27.6 Å². The Bertz CT molecular complexity index is 1270. The number of fused-ring (bicyclic) bond motifs is 1. The quantitative estimate of drug-likeness (QED) is 0.344. The predicted octanol–water partition coefficient (Wildman–Crippen LogP) is 6.30. The summed E-state index contributed by atoms with van der Waals surface area (Å²) in [7, 11) is 0. The summed E-state index contributed by atoms with van der Waals surface area (Å²) in [6.45, 7) is 1.78. The highest BCUT2D eigenvalue weighted by Crippen LogP contribution is 2.33. The highest BCUT2D eigenvalue weighted by atomic mass is 35.5. The Labute approximate surface area is 200 Å². The predicted molar refractivity (Wildman–Crippen MR) is 129 cm³/mol. The van der Waals surface area contributed by atoms with Gasteiger partial charge in [-0.05, 0) is 37.3 Å². The van der Waals surface area contributed by atoms with E-state index < -0.39 is 5.91 Å². The molecule has 0 aliphatic rings. The van der Waals surface area contributed by atoms with Crippen molar-refractivity contribution in [2.75, 3.05) is 10.6 Å². The second-order valence-electron chi connectivity index (χ2n) is 6.84. The Morgan fingerprint density at radius 3 is 2.41 bits per heavy atom. The Hall–Kier alpha value is -3.06. The molecule has 0 fully saturated rings. The lowest BCUT2D eigenvalue weighted by Gasteiger charge is -2.09. The summed E-state index contributed by atoms with van der Waals surface area (Å²) in [6.07, 6.45) is 3.32. The molecule has 0 radical (unpaired) electrons. The van der Waals surface area contributed by atoms with Gasteiger partial charge in [0.05, 0.1) is 39.6 Å². The molecule has 0 aliphatic heterocycles. The fourth-order valence-corrected chi connectivity index (χ4v) is 3.88. The van der Waals surface area contributed by atoms with Crippen LogP contribution in [0, 0.1) is 6.92 Å². The minimum absolute atomic E-state index is 0. The Morgan fingerprint density at radius 1 is 1.00 bits per heavy atom. The van der Waals surface area contributed by atoms with E-state index in [1.165, 1.54) is 0 Å². The van der Waals surface area contributed by atoms with Gasteiger partial charge in [0.1, 0.15) is 5.76 Å². The number of hydrogen-bond acceptors (Lipinski definition) is 4. The van der Waals surface area contributed by atoms with Crippen molar-refractivity contribution in [1.82, 2.24) is 4.98 Å². The van der Waals surface area contributed by atoms with E-state index in [2.05, 4.69) is 15.6 Å². The molecule has 2 heterocycles. The van der Waals surface area contributed by atoms with Gasteiger partial charge in [-0.2, -0.15) is 0 Å². The first-order valence-electron chi connectivity index (χ1n) is 9.40. The number of pyridine rings is 1. The molecule has 2 aromatic carbocycles. The van der Waals surface area contributed by atoms with Crippen LogP contribution >= 0.6 is 35.6 Å². The number of nitrogens with one attached hydrogen (secondary N) is 2. The normalized spacial score (nSPS) is 10.5. The number of carbonyl (C=O) groups is 2. The third-order valence-corrected chi connectivity index (χ3v) is 5.37. The maximum atomic E-state index is 12.8. The van der Waals surface area contributed by atoms with E-state index >= 15 is 0 Å². The van der Waals surface area contributed by atoms with Crippen molar-refractivity contribution in [1.29, 1.82) is 0 Å². The number of rotatable bonds is 5. The van der Waals surface area contributed by atoms with Gasteiger partial charge >= 0.3 is 0 Å². The summed E-state index contributed by atoms with van der Waals surface area (Å²) in [4.78, 5) is 29.3. The van der Waals surface area contributed by atoms with Crippen LogP contribution in [-0.4, -0.2) is 16.8 Å². The molecule has 2 aromatic heterocycles. The van der Waals surface area contributed by atoms with Crippen LogP contribution in [0.25, 0.3) is 11.0 Å². The number of aromatic nitrogens is 1. The van der Waals surface area contributed by atoms with Gasteiger partial charge in [0.15, 0.2) is 5.58 Å². The second kappa shape index (κ2) is 10.0. The van der Waals surface area contributed by atoms with E-state index in [0.29, 0.717) is 22.7 Å². The zero-order valence-electron chi connectivity index (χ0n) is 16.8. The molecule has 0 bridgehead atoms. The van der Waals surface area contributed by atoms with Gasteiger partial charge in [0, 0.05) is 17.1 Å². The molecule has 0 saturated heterocycles. The summed E-state index contributed by atoms with van der Waals surface area (Å²) in [5, 5.41) is 6.86. The smallest absolute Gasteiger partial charge is 0.258 e. The van der Waals surface area contributed by atoms with Gasteiger partial charge in [-0.3, -0.25) is 14.6 Å². The van der Waals surface area contributed by atoms with E-state index in [0.717, 1.165) is 10.9 Å². The monoisotopic (exact) mass is 489 g/mol. The summed E-state index contributed by atoms with van der Waals surface area (Å²) < 4.78 is 5.91. The first-order valence-corrected chi connectivity index (χ1v) is 10.2. The van der Waals surface area contributed by atoms with Gasteiger partial charge in [0.25, 0.3) is 5.91 Å². The molecular weight excluding hydrogens is 473 g/mol. The maximum Gasteiger partial charge on any atom is 0.258 e. The molecule has 4 rings (SSSR count). The number of hydrogen-bond donors (Lipinski definition) is 2. The zero-order valence-corrected chi connectivity index (χ0v) is 19.1. The lowest BCUT2D eigenvalue weighted by atomic mass is 10.1. The fraction of sp³-hybridized carbons (Fsp3) is 0.0870. The minimum Gasteiger partial charge on any atom is -0.459 e. The molecule has 9 heteroatoms. The SMILES string of the molecule is Cc1oc2c(NC(=O)c3c(Cl)cccc3Cl)cccc2c1CC(=O)Nc1cccnc1.Cl. The number of benzene rings is 2. The van der Waals surface area contributed by atoms with Crippen molar-refractivity contribution in [3.05, 3.63) is 87.9 Å². The van der Waals surface area contributed by atoms with Gasteiger partial charge in [-0.1, -0.05) is 41.4 Å². The number of furan rings is 1. The maximum absolute atomic E-state index is 12.8. The number of anilines is 2. The number of aryl methyl sites for hydroxylation is 1. The molecule has 164 valence electrons. The minimum atomic E-state index is -0.451. The second-order valence-corrected chi connectivity index (χ2v) is 7.65. The van der Waals surface area contributed by atoms with Crippen LogP contribution in [0.2, 0.25) is 10.0 Å². The van der Waals surface area contributed by atoms with Crippen LogP contribution in [0.15, 0.2) is 65.3 Å². The molecule has 0 spiro atoms. The standard InChI is InChI=1S/C23H17Cl2N3O3.ClH/c1-13-16(11-20(29)27-14-5-4-10-26-12-14)15-6-2-9-19(22(15)31-13)28-23(30)21-17(24)7-3-8-18(21)25;/h2-10,12H,11H2,1H3,(H,27,29)(H,28,30);1H. The number of para-hydroxylation sites is 1. The van der Waals surface area contributed by atoms with Crippen molar-refractivity contribution in [2.24, 2.45) is 0 Å². The Kier molecular flexibility index (Phi) is 7.40. The van der Waals surface area contributed by atoms with Crippen LogP contribution in [0.1, 0.15) is 21.7 Å². The highest BCUT2D eigenvalue weighted by Gasteiger charge is 2.20. The van der Waals surface area contributed by atoms with Crippen LogP contribution in [0.3, 0.4) is 0 Å². The summed E-state index contributed by atoms with van der Waals surface area (Å²) in [6, 6.07) is 13.7. The van der Waals surface area contributed by atoms with Gasteiger partial charge < -0.3 is 15.1 Å². The highest BCUT2D eigenvalue weighted by molar-refractivity contribution is 6.40. The average Bonchev–Trinajstić information content (AvgIpc) is 3.05. The molecule has 0 saturated carbocycles. The van der Waals surface area contributed by atoms with Crippen molar-refractivity contribution in [2.45, 2.75) is 13.3 Å². The van der Waals surface area contributed by atoms with Gasteiger partial charge in [-0.25, -0.2) is 0 Å². The summed E-state index contributed by atoms with van der Waals surface area (Å²) >= 11 is 12.3. The van der Waals surface area contributed by atoms with Crippen LogP contribution in [-0.2, 0) is 11.2 Å². The molecule has 0 aliphatic carbocycles. The Balaban J connectivity index is 0.00000289. The van der Waals surface area contributed by atoms with Crippen molar-refractivity contribution in [3.63, 3.8) is 0 Å². The van der Waals surface area contributed by atoms with Crippen LogP contribution in [0.5, 0.6) is 0 Å². The Morgan fingerprint density at radius 2 is 1.72 bits per heavy atom. The van der Waals surface area contributed by atoms with Gasteiger partial charge in [-0.15, -0.1) is 12.4 Å².